The molecular weight excluding hydrogens is 845 g/mol. The first-order valence-electron chi connectivity index (χ1n) is 22.8. The number of hydrogen-bond acceptors (Lipinski definition) is 13. The van der Waals surface area contributed by atoms with Crippen molar-refractivity contribution in [3.63, 3.8) is 0 Å². The fraction of sp³-hybridized carbons (Fsp3) is 0.434. The van der Waals surface area contributed by atoms with E-state index in [-0.39, 0.29) is 33.0 Å². The van der Waals surface area contributed by atoms with Crippen molar-refractivity contribution in [3.8, 4) is 0 Å². The van der Waals surface area contributed by atoms with Gasteiger partial charge >= 0.3 is 0 Å². The molecule has 0 unspecified atom stereocenters. The van der Waals surface area contributed by atoms with Gasteiger partial charge in [-0.05, 0) is 41.7 Å². The average Bonchev–Trinajstić information content (AvgIpc) is 4.05. The monoisotopic (exact) mass is 904 g/mol. The second-order valence-corrected chi connectivity index (χ2v) is 17.4. The van der Waals surface area contributed by atoms with E-state index in [2.05, 4.69) is 0 Å². The van der Waals surface area contributed by atoms with Gasteiger partial charge in [0.05, 0.1) is 52.9 Å². The minimum Gasteiger partial charge on any atom is -0.394 e. The topological polar surface area (TPSA) is 131 Å². The van der Waals surface area contributed by atoms with E-state index in [4.69, 9.17) is 56.8 Å². The molecule has 0 radical (unpaired) electrons. The molecule has 5 aromatic carbocycles. The van der Waals surface area contributed by atoms with E-state index in [0.29, 0.717) is 19.8 Å². The minimum absolute atomic E-state index is 0.148. The third-order valence-corrected chi connectivity index (χ3v) is 12.0. The summed E-state index contributed by atoms with van der Waals surface area (Å²) in [6, 6.07) is 49.8. The lowest BCUT2D eigenvalue weighted by molar-refractivity contribution is -0.278. The molecule has 1 N–H and O–H groups in total. The maximum absolute atomic E-state index is 10.6. The van der Waals surface area contributed by atoms with Gasteiger partial charge in [-0.15, -0.1) is 0 Å². The van der Waals surface area contributed by atoms with Gasteiger partial charge in [-0.25, -0.2) is 0 Å². The Morgan fingerprint density at radius 2 is 0.803 bits per heavy atom. The summed E-state index contributed by atoms with van der Waals surface area (Å²) >= 11 is 0. The number of hydrogen-bond donors (Lipinski definition) is 1. The first-order valence-corrected chi connectivity index (χ1v) is 22.8. The minimum atomic E-state index is -1.08. The van der Waals surface area contributed by atoms with Crippen LogP contribution in [0.5, 0.6) is 0 Å². The maximum Gasteiger partial charge on any atom is 0.190 e. The summed E-state index contributed by atoms with van der Waals surface area (Å²) < 4.78 is 79.5. The first kappa shape index (κ1) is 46.7. The molecule has 0 amide bonds. The maximum atomic E-state index is 10.6. The third kappa shape index (κ3) is 12.0. The van der Waals surface area contributed by atoms with Crippen LogP contribution in [0.4, 0.5) is 0 Å². The highest BCUT2D eigenvalue weighted by Gasteiger charge is 2.59. The highest BCUT2D eigenvalue weighted by molar-refractivity contribution is 5.17. The molecule has 9 rings (SSSR count). The van der Waals surface area contributed by atoms with Crippen LogP contribution in [0.2, 0.25) is 0 Å². The lowest BCUT2D eigenvalue weighted by Gasteiger charge is -2.32. The van der Waals surface area contributed by atoms with E-state index >= 15 is 0 Å². The van der Waals surface area contributed by atoms with Crippen molar-refractivity contribution in [2.75, 3.05) is 19.8 Å². The van der Waals surface area contributed by atoms with Gasteiger partial charge in [0.15, 0.2) is 24.7 Å². The molecule has 4 aliphatic rings. The van der Waals surface area contributed by atoms with Crippen LogP contribution in [0.15, 0.2) is 152 Å². The quantitative estimate of drug-likeness (QED) is 0.0749. The summed E-state index contributed by atoms with van der Waals surface area (Å²) in [5, 5.41) is 10.6. The Morgan fingerprint density at radius 1 is 0.424 bits per heavy atom. The number of rotatable bonds is 22. The van der Waals surface area contributed by atoms with Gasteiger partial charge in [-0.3, -0.25) is 0 Å². The summed E-state index contributed by atoms with van der Waals surface area (Å²) in [6.07, 6.45) is -9.42. The van der Waals surface area contributed by atoms with Crippen molar-refractivity contribution in [1.82, 2.24) is 0 Å². The van der Waals surface area contributed by atoms with Crippen LogP contribution in [0.3, 0.4) is 0 Å². The Morgan fingerprint density at radius 3 is 1.24 bits per heavy atom. The van der Waals surface area contributed by atoms with Gasteiger partial charge in [0, 0.05) is 0 Å². The van der Waals surface area contributed by atoms with Crippen LogP contribution in [0, 0.1) is 0 Å². The number of aliphatic hydroxyl groups is 1. The second-order valence-electron chi connectivity index (χ2n) is 17.4. The van der Waals surface area contributed by atoms with Gasteiger partial charge in [0.1, 0.15) is 54.9 Å². The van der Waals surface area contributed by atoms with Crippen molar-refractivity contribution in [2.45, 2.75) is 126 Å². The number of aliphatic hydroxyl groups excluding tert-OH is 1. The van der Waals surface area contributed by atoms with Crippen LogP contribution in [0.1, 0.15) is 41.7 Å². The van der Waals surface area contributed by atoms with Gasteiger partial charge in [0.2, 0.25) is 0 Å². The molecule has 4 fully saturated rings. The summed E-state index contributed by atoms with van der Waals surface area (Å²) in [5.74, 6) is -0.938. The van der Waals surface area contributed by atoms with Gasteiger partial charge in [0.25, 0.3) is 0 Å². The van der Waals surface area contributed by atoms with Gasteiger partial charge < -0.3 is 61.9 Å². The summed E-state index contributed by atoms with van der Waals surface area (Å²) in [5.41, 5.74) is 4.97. The smallest absolute Gasteiger partial charge is 0.190 e. The van der Waals surface area contributed by atoms with Crippen LogP contribution in [0.25, 0.3) is 0 Å². The highest BCUT2D eigenvalue weighted by Crippen LogP contribution is 2.42. The highest BCUT2D eigenvalue weighted by atomic mass is 16.9. The first-order chi connectivity index (χ1) is 32.4. The van der Waals surface area contributed by atoms with Gasteiger partial charge in [-0.1, -0.05) is 152 Å². The molecular formula is C53H60O13. The Hall–Kier alpha value is -4.42. The van der Waals surface area contributed by atoms with Crippen LogP contribution < -0.4 is 0 Å². The molecule has 12 atom stereocenters. The van der Waals surface area contributed by atoms with Crippen molar-refractivity contribution in [3.05, 3.63) is 179 Å². The molecule has 0 spiro atoms. The van der Waals surface area contributed by atoms with E-state index in [1.807, 2.05) is 166 Å². The fourth-order valence-corrected chi connectivity index (χ4v) is 8.80. The van der Waals surface area contributed by atoms with Crippen LogP contribution in [-0.2, 0) is 89.9 Å². The predicted molar refractivity (Wildman–Crippen MR) is 240 cm³/mol. The molecule has 350 valence electrons. The zero-order valence-electron chi connectivity index (χ0n) is 37.4. The van der Waals surface area contributed by atoms with Crippen molar-refractivity contribution < 1.29 is 61.9 Å². The number of benzene rings is 5. The molecule has 4 saturated heterocycles. The molecule has 66 heavy (non-hydrogen) atoms. The Labute approximate surface area is 386 Å². The molecule has 0 bridgehead atoms. The SMILES string of the molecule is CC1(C)O[C@@H]2O[C@H](CO)[C@@H](O[C@H]3O[C@H](COCc4ccccc4)[C@@H](OCc4ccccc4)[C@@H]3O[C@@H]3O[C@H](COCc4ccccc4)[C@@H](OCc4ccccc4)[C@@H]3OCc3ccccc3)[C@@H]2O1. The van der Waals surface area contributed by atoms with Crippen molar-refractivity contribution in [1.29, 1.82) is 0 Å². The molecule has 13 nitrogen and oxygen atoms in total. The van der Waals surface area contributed by atoms with Gasteiger partial charge in [-0.2, -0.15) is 0 Å². The van der Waals surface area contributed by atoms with E-state index in [1.165, 1.54) is 0 Å². The molecule has 4 aliphatic heterocycles. The lowest BCUT2D eigenvalue weighted by atomic mass is 10.1. The van der Waals surface area contributed by atoms with E-state index < -0.39 is 79.6 Å². The molecule has 0 aliphatic carbocycles. The van der Waals surface area contributed by atoms with E-state index in [0.717, 1.165) is 27.8 Å². The molecule has 0 aromatic heterocycles. The molecule has 4 heterocycles. The zero-order valence-corrected chi connectivity index (χ0v) is 37.4. The zero-order chi connectivity index (χ0) is 45.1. The van der Waals surface area contributed by atoms with Crippen molar-refractivity contribution >= 4 is 0 Å². The number of fused-ring (bicyclic) bond motifs is 1. The van der Waals surface area contributed by atoms with Crippen molar-refractivity contribution in [2.24, 2.45) is 0 Å². The van der Waals surface area contributed by atoms with Crippen LogP contribution in [-0.4, -0.2) is 105 Å². The van der Waals surface area contributed by atoms with E-state index in [9.17, 15) is 5.11 Å². The molecule has 13 heteroatoms. The molecule has 5 aromatic rings. The summed E-state index contributed by atoms with van der Waals surface area (Å²) in [4.78, 5) is 0. The fourth-order valence-electron chi connectivity index (χ4n) is 8.80. The predicted octanol–water partition coefficient (Wildman–Crippen LogP) is 7.27. The second kappa shape index (κ2) is 22.6. The Kier molecular flexibility index (Phi) is 16.0. The number of ether oxygens (including phenoxy) is 12. The normalized spacial score (nSPS) is 30.2. The summed E-state index contributed by atoms with van der Waals surface area (Å²) in [6.45, 7) is 5.16. The van der Waals surface area contributed by atoms with Crippen LogP contribution >= 0.6 is 0 Å². The summed E-state index contributed by atoms with van der Waals surface area (Å²) in [7, 11) is 0. The standard InChI is InChI=1S/C53H60O13/c1-53(2)65-49-46(41(28-54)60-52(49)66-53)63-51-48(45(58-32-39-24-14-6-15-25-39)43(62-51)35-56-30-37-20-10-4-11-21-37)64-50-47(59-33-40-26-16-7-17-27-40)44(57-31-38-22-12-5-13-23-38)42(61-50)34-55-29-36-18-8-3-9-19-36/h3-27,41-52,54H,28-35H2,1-2H3/t41-,42-,43-,44-,45-,46-,47+,48+,49+,50+,51-,52+/m1/s1. The van der Waals surface area contributed by atoms with E-state index in [1.54, 1.807) is 0 Å². The molecule has 0 saturated carbocycles. The largest absolute Gasteiger partial charge is 0.394 e. The third-order valence-electron chi connectivity index (χ3n) is 12.0. The lowest BCUT2D eigenvalue weighted by Crippen LogP contribution is -2.48. The Bertz CT molecular complexity index is 2170. The average molecular weight is 905 g/mol. The Balaban J connectivity index is 1.04.